The van der Waals surface area contributed by atoms with E-state index in [1.165, 1.54) is 49.7 Å². The van der Waals surface area contributed by atoms with Gasteiger partial charge in [-0.1, -0.05) is 29.8 Å². The highest BCUT2D eigenvalue weighted by Gasteiger charge is 2.58. The Balaban J connectivity index is 1.36. The molecule has 6 rings (SSSR count). The summed E-state index contributed by atoms with van der Waals surface area (Å²) in [6.07, 6.45) is 7.60. The predicted octanol–water partition coefficient (Wildman–Crippen LogP) is 6.46. The Labute approximate surface area is 215 Å². The van der Waals surface area contributed by atoms with Crippen LogP contribution < -0.4 is 19.5 Å². The Kier molecular flexibility index (Phi) is 6.93. The highest BCUT2D eigenvalue weighted by atomic mass is 16.5. The molecule has 2 aromatic carbocycles. The molecule has 2 aromatic rings. The molecule has 4 saturated carbocycles. The largest absolute Gasteiger partial charge is 0.490 e. The topological polar surface area (TPSA) is 56.8 Å². The lowest BCUT2D eigenvalue weighted by molar-refractivity contribution is -0.0697. The second-order valence-corrected chi connectivity index (χ2v) is 11.4. The molecular weight excluding hydrogens is 450 g/mol. The number of ether oxygens (including phenoxy) is 3. The van der Waals surface area contributed by atoms with Crippen molar-refractivity contribution in [2.24, 2.45) is 17.3 Å². The Hall–Kier alpha value is -2.69. The van der Waals surface area contributed by atoms with E-state index in [0.29, 0.717) is 42.6 Å². The minimum absolute atomic E-state index is 0.0694. The van der Waals surface area contributed by atoms with Gasteiger partial charge < -0.3 is 19.5 Å². The number of hydrogen-bond donors (Lipinski definition) is 1. The number of carbonyl (C=O) groups excluding carboxylic acids is 1. The van der Waals surface area contributed by atoms with Gasteiger partial charge in [-0.15, -0.1) is 0 Å². The highest BCUT2D eigenvalue weighted by Crippen LogP contribution is 2.65. The summed E-state index contributed by atoms with van der Waals surface area (Å²) in [6.45, 7) is 10.2. The molecule has 5 nitrogen and oxygen atoms in total. The number of benzene rings is 2. The van der Waals surface area contributed by atoms with Crippen LogP contribution in [0.25, 0.3) is 0 Å². The van der Waals surface area contributed by atoms with Crippen molar-refractivity contribution in [1.82, 2.24) is 5.32 Å². The highest BCUT2D eigenvalue weighted by molar-refractivity contribution is 5.95. The summed E-state index contributed by atoms with van der Waals surface area (Å²) in [6, 6.07) is 12.8. The molecule has 0 saturated heterocycles. The van der Waals surface area contributed by atoms with Crippen molar-refractivity contribution < 1.29 is 19.0 Å². The Morgan fingerprint density at radius 2 is 1.47 bits per heavy atom. The van der Waals surface area contributed by atoms with Crippen LogP contribution in [0.15, 0.2) is 36.4 Å². The third-order valence-electron chi connectivity index (χ3n) is 8.64. The first kappa shape index (κ1) is 25.0. The summed E-state index contributed by atoms with van der Waals surface area (Å²) in [5.74, 6) is 3.15. The van der Waals surface area contributed by atoms with Crippen LogP contribution in [-0.2, 0) is 5.41 Å². The van der Waals surface area contributed by atoms with Crippen LogP contribution in [-0.4, -0.2) is 32.3 Å². The third kappa shape index (κ3) is 4.69. The van der Waals surface area contributed by atoms with Gasteiger partial charge in [-0.3, -0.25) is 4.79 Å². The van der Waals surface area contributed by atoms with Crippen molar-refractivity contribution in [1.29, 1.82) is 0 Å². The zero-order chi connectivity index (χ0) is 25.3. The van der Waals surface area contributed by atoms with Gasteiger partial charge in [-0.05, 0) is 107 Å². The fraction of sp³-hybridized carbons (Fsp3) is 0.581. The quantitative estimate of drug-likeness (QED) is 0.414. The van der Waals surface area contributed by atoms with Gasteiger partial charge in [0.1, 0.15) is 0 Å². The molecule has 4 aliphatic carbocycles. The van der Waals surface area contributed by atoms with E-state index in [1.807, 2.05) is 20.8 Å². The number of aryl methyl sites for hydroxylation is 1. The van der Waals surface area contributed by atoms with Gasteiger partial charge in [0, 0.05) is 12.1 Å². The van der Waals surface area contributed by atoms with Gasteiger partial charge >= 0.3 is 0 Å². The van der Waals surface area contributed by atoms with Gasteiger partial charge in [0.05, 0.1) is 19.8 Å². The maximum absolute atomic E-state index is 13.4. The molecule has 0 spiro atoms. The summed E-state index contributed by atoms with van der Waals surface area (Å²) in [4.78, 5) is 13.4. The number of hydrogen-bond acceptors (Lipinski definition) is 4. The van der Waals surface area contributed by atoms with Crippen molar-refractivity contribution in [3.8, 4) is 17.2 Å². The molecule has 4 bridgehead atoms. The molecule has 1 amide bonds. The lowest BCUT2D eigenvalue weighted by atomic mass is 9.43. The van der Waals surface area contributed by atoms with Crippen molar-refractivity contribution in [3.05, 3.63) is 53.1 Å². The molecule has 36 heavy (non-hydrogen) atoms. The molecule has 5 heteroatoms. The zero-order valence-corrected chi connectivity index (χ0v) is 22.3. The lowest BCUT2D eigenvalue weighted by Crippen LogP contribution is -2.57. The van der Waals surface area contributed by atoms with Gasteiger partial charge in [0.25, 0.3) is 5.91 Å². The maximum Gasteiger partial charge on any atom is 0.251 e. The third-order valence-corrected chi connectivity index (χ3v) is 8.64. The van der Waals surface area contributed by atoms with Crippen LogP contribution in [0.5, 0.6) is 17.2 Å². The number of carbonyl (C=O) groups is 1. The van der Waals surface area contributed by atoms with Crippen LogP contribution >= 0.6 is 0 Å². The Morgan fingerprint density at radius 3 is 2.03 bits per heavy atom. The van der Waals surface area contributed by atoms with Crippen molar-refractivity contribution in [3.63, 3.8) is 0 Å². The SMILES string of the molecule is CCOc1cc(C(=O)NCC23C[C@H]4C[C@@H](C2)CC(c2ccc(C)cc2)(C4)C3)cc(OCC)c1OCC. The Bertz CT molecular complexity index is 1050. The normalized spacial score (nSPS) is 28.1. The standard InChI is InChI=1S/C31H41NO4/c1-5-34-26-13-24(14-27(35-6-2)28(26)36-7-3)29(33)32-20-30-15-22-12-23(16-30)18-31(17-22,19-30)25-10-8-21(4)9-11-25/h8-11,13-14,22-23H,5-7,12,15-20H2,1-4H3,(H,32,33)/t22-,23+,30?,31?. The van der Waals surface area contributed by atoms with Crippen molar-refractivity contribution in [2.75, 3.05) is 26.4 Å². The molecule has 0 aliphatic heterocycles. The maximum atomic E-state index is 13.4. The van der Waals surface area contributed by atoms with E-state index in [4.69, 9.17) is 14.2 Å². The van der Waals surface area contributed by atoms with Crippen molar-refractivity contribution >= 4 is 5.91 Å². The molecule has 2 unspecified atom stereocenters. The minimum Gasteiger partial charge on any atom is -0.490 e. The molecule has 0 radical (unpaired) electrons. The first-order chi connectivity index (χ1) is 17.4. The van der Waals surface area contributed by atoms with Gasteiger partial charge in [-0.2, -0.15) is 0 Å². The van der Waals surface area contributed by atoms with E-state index >= 15 is 0 Å². The van der Waals surface area contributed by atoms with Gasteiger partial charge in [0.15, 0.2) is 11.5 Å². The fourth-order valence-corrected chi connectivity index (χ4v) is 7.79. The van der Waals surface area contributed by atoms with Crippen LogP contribution in [0.2, 0.25) is 0 Å². The van der Waals surface area contributed by atoms with E-state index in [-0.39, 0.29) is 16.7 Å². The molecular formula is C31H41NO4. The average molecular weight is 492 g/mol. The number of amides is 1. The van der Waals surface area contributed by atoms with E-state index in [2.05, 4.69) is 36.5 Å². The first-order valence-corrected chi connectivity index (χ1v) is 13.8. The lowest BCUT2D eigenvalue weighted by Gasteiger charge is -2.62. The van der Waals surface area contributed by atoms with Gasteiger partial charge in [0.2, 0.25) is 5.75 Å². The predicted molar refractivity (Wildman–Crippen MR) is 142 cm³/mol. The second kappa shape index (κ2) is 9.99. The summed E-state index contributed by atoms with van der Waals surface area (Å²) >= 11 is 0. The fourth-order valence-electron chi connectivity index (χ4n) is 7.79. The number of rotatable bonds is 10. The minimum atomic E-state index is -0.0694. The summed E-state index contributed by atoms with van der Waals surface area (Å²) < 4.78 is 17.5. The van der Waals surface area contributed by atoms with Gasteiger partial charge in [-0.25, -0.2) is 0 Å². The second-order valence-electron chi connectivity index (χ2n) is 11.4. The molecule has 0 heterocycles. The number of nitrogens with one attached hydrogen (secondary N) is 1. The molecule has 4 fully saturated rings. The first-order valence-electron chi connectivity index (χ1n) is 13.8. The smallest absolute Gasteiger partial charge is 0.251 e. The summed E-state index contributed by atoms with van der Waals surface area (Å²) in [5, 5.41) is 3.33. The van der Waals surface area contributed by atoms with Crippen LogP contribution in [0.1, 0.15) is 80.8 Å². The van der Waals surface area contributed by atoms with E-state index in [9.17, 15) is 4.79 Å². The average Bonchev–Trinajstić information content (AvgIpc) is 2.84. The zero-order valence-electron chi connectivity index (χ0n) is 22.3. The summed E-state index contributed by atoms with van der Waals surface area (Å²) in [7, 11) is 0. The molecule has 4 aliphatic rings. The van der Waals surface area contributed by atoms with E-state index in [1.54, 1.807) is 12.1 Å². The molecule has 4 atom stereocenters. The van der Waals surface area contributed by atoms with E-state index < -0.39 is 0 Å². The van der Waals surface area contributed by atoms with Crippen molar-refractivity contribution in [2.45, 2.75) is 71.6 Å². The van der Waals surface area contributed by atoms with E-state index in [0.717, 1.165) is 18.4 Å². The molecule has 0 aromatic heterocycles. The molecule has 1 N–H and O–H groups in total. The molecule has 194 valence electrons. The van der Waals surface area contributed by atoms with Crippen LogP contribution in [0.3, 0.4) is 0 Å². The monoisotopic (exact) mass is 491 g/mol. The summed E-state index contributed by atoms with van der Waals surface area (Å²) in [5.41, 5.74) is 3.84. The van der Waals surface area contributed by atoms with Crippen LogP contribution in [0, 0.1) is 24.2 Å². The van der Waals surface area contributed by atoms with Crippen LogP contribution in [0.4, 0.5) is 0 Å². The Morgan fingerprint density at radius 1 is 0.889 bits per heavy atom.